The van der Waals surface area contributed by atoms with Crippen LogP contribution in [0, 0.1) is 12.8 Å². The van der Waals surface area contributed by atoms with Crippen LogP contribution < -0.4 is 4.72 Å². The van der Waals surface area contributed by atoms with Gasteiger partial charge >= 0.3 is 5.97 Å². The van der Waals surface area contributed by atoms with Crippen molar-refractivity contribution in [3.8, 4) is 0 Å². The maximum absolute atomic E-state index is 12.7. The molecule has 2 aromatic rings. The van der Waals surface area contributed by atoms with E-state index in [1.165, 1.54) is 0 Å². The summed E-state index contributed by atoms with van der Waals surface area (Å²) in [6, 6.07) is 5.99. The maximum Gasteiger partial charge on any atom is 0.322 e. The topological polar surface area (TPSA) is 88.4 Å². The summed E-state index contributed by atoms with van der Waals surface area (Å²) in [4.78, 5) is 11.4. The van der Waals surface area contributed by atoms with Crippen molar-refractivity contribution in [3.05, 3.63) is 30.0 Å². The molecular weight excluding hydrogens is 304 g/mol. The summed E-state index contributed by atoms with van der Waals surface area (Å²) in [5.74, 6) is -1.54. The predicted molar refractivity (Wildman–Crippen MR) is 84.2 cm³/mol. The second-order valence-electron chi connectivity index (χ2n) is 5.67. The number of nitrogens with zero attached hydrogens (tertiary/aromatic N) is 1. The molecule has 0 fully saturated rings. The fourth-order valence-corrected chi connectivity index (χ4v) is 4.34. The van der Waals surface area contributed by atoms with Gasteiger partial charge in [-0.25, -0.2) is 8.42 Å². The van der Waals surface area contributed by atoms with Gasteiger partial charge in [0, 0.05) is 23.6 Å². The van der Waals surface area contributed by atoms with Crippen LogP contribution in [0.25, 0.3) is 10.9 Å². The highest BCUT2D eigenvalue weighted by molar-refractivity contribution is 7.89. The van der Waals surface area contributed by atoms with Crippen molar-refractivity contribution in [2.45, 2.75) is 31.7 Å². The van der Waals surface area contributed by atoms with Gasteiger partial charge in [-0.2, -0.15) is 4.72 Å². The van der Waals surface area contributed by atoms with Crippen LogP contribution in [0.15, 0.2) is 29.2 Å². The largest absolute Gasteiger partial charge is 0.480 e. The molecule has 2 N–H and O–H groups in total. The lowest BCUT2D eigenvalue weighted by Gasteiger charge is -2.18. The number of carboxylic acid groups (broad SMARTS) is 1. The Kier molecular flexibility index (Phi) is 4.30. The first-order chi connectivity index (χ1) is 10.2. The standard InChI is InChI=1S/C15H20N2O4S/c1-9(2)13(15(18)19)16-22(20,21)14-10(3)17(4)12-8-6-5-7-11(12)14/h5-9,13,16H,1-4H3,(H,18,19)/t13-/m0/s1. The molecule has 0 bridgehead atoms. The van der Waals surface area contributed by atoms with Gasteiger partial charge in [0.05, 0.1) is 0 Å². The average molecular weight is 324 g/mol. The van der Waals surface area contributed by atoms with Crippen LogP contribution in [-0.2, 0) is 21.9 Å². The van der Waals surface area contributed by atoms with E-state index in [2.05, 4.69) is 4.72 Å². The number of rotatable bonds is 5. The van der Waals surface area contributed by atoms with E-state index in [0.717, 1.165) is 5.52 Å². The van der Waals surface area contributed by atoms with Gasteiger partial charge in [-0.05, 0) is 18.9 Å². The molecule has 1 heterocycles. The number of hydrogen-bond acceptors (Lipinski definition) is 3. The molecule has 0 amide bonds. The summed E-state index contributed by atoms with van der Waals surface area (Å²) < 4.78 is 29.5. The van der Waals surface area contributed by atoms with Crippen LogP contribution in [0.1, 0.15) is 19.5 Å². The first-order valence-corrected chi connectivity index (χ1v) is 8.44. The molecule has 6 nitrogen and oxygen atoms in total. The number of aryl methyl sites for hydroxylation is 1. The first kappa shape index (κ1) is 16.5. The molecule has 0 spiro atoms. The van der Waals surface area contributed by atoms with E-state index in [-0.39, 0.29) is 10.8 Å². The van der Waals surface area contributed by atoms with Crippen molar-refractivity contribution < 1.29 is 18.3 Å². The monoisotopic (exact) mass is 324 g/mol. The van der Waals surface area contributed by atoms with Crippen molar-refractivity contribution >= 4 is 26.9 Å². The zero-order valence-corrected chi connectivity index (χ0v) is 13.8. The van der Waals surface area contributed by atoms with E-state index in [4.69, 9.17) is 0 Å². The average Bonchev–Trinajstić information content (AvgIpc) is 2.69. The van der Waals surface area contributed by atoms with Gasteiger partial charge in [0.25, 0.3) is 0 Å². The Bertz CT molecular complexity index is 821. The molecule has 1 atom stereocenters. The number of benzene rings is 1. The number of sulfonamides is 1. The smallest absolute Gasteiger partial charge is 0.322 e. The number of carbonyl (C=O) groups is 1. The Labute approximate surface area is 129 Å². The number of para-hydroxylation sites is 1. The minimum Gasteiger partial charge on any atom is -0.480 e. The van der Waals surface area contributed by atoms with Gasteiger partial charge < -0.3 is 9.67 Å². The van der Waals surface area contributed by atoms with Gasteiger partial charge in [-0.1, -0.05) is 32.0 Å². The molecule has 0 saturated carbocycles. The molecule has 2 rings (SSSR count). The van der Waals surface area contributed by atoms with E-state index in [9.17, 15) is 18.3 Å². The Morgan fingerprint density at radius 1 is 1.27 bits per heavy atom. The third-order valence-electron chi connectivity index (χ3n) is 3.83. The van der Waals surface area contributed by atoms with Crippen molar-refractivity contribution in [1.29, 1.82) is 0 Å². The molecule has 0 saturated heterocycles. The zero-order valence-electron chi connectivity index (χ0n) is 13.0. The highest BCUT2D eigenvalue weighted by atomic mass is 32.2. The number of fused-ring (bicyclic) bond motifs is 1. The van der Waals surface area contributed by atoms with Gasteiger partial charge in [-0.3, -0.25) is 4.79 Å². The summed E-state index contributed by atoms with van der Waals surface area (Å²) in [5, 5.41) is 9.80. The third-order valence-corrected chi connectivity index (χ3v) is 5.44. The molecule has 22 heavy (non-hydrogen) atoms. The fraction of sp³-hybridized carbons (Fsp3) is 0.400. The summed E-state index contributed by atoms with van der Waals surface area (Å²) in [6.45, 7) is 5.04. The fourth-order valence-electron chi connectivity index (χ4n) is 2.52. The minimum atomic E-state index is -3.94. The van der Waals surface area contributed by atoms with Crippen molar-refractivity contribution in [3.63, 3.8) is 0 Å². The molecular formula is C15H20N2O4S. The molecule has 0 aliphatic rings. The van der Waals surface area contributed by atoms with Crippen molar-refractivity contribution in [1.82, 2.24) is 9.29 Å². The number of nitrogens with one attached hydrogen (secondary N) is 1. The second kappa shape index (κ2) is 5.73. The van der Waals surface area contributed by atoms with E-state index in [0.29, 0.717) is 11.1 Å². The quantitative estimate of drug-likeness (QED) is 0.879. The van der Waals surface area contributed by atoms with Crippen LogP contribution in [0.2, 0.25) is 0 Å². The number of aromatic nitrogens is 1. The molecule has 0 aliphatic heterocycles. The number of carboxylic acids is 1. The van der Waals surface area contributed by atoms with Gasteiger partial charge in [-0.15, -0.1) is 0 Å². The third kappa shape index (κ3) is 2.74. The van der Waals surface area contributed by atoms with Crippen molar-refractivity contribution in [2.75, 3.05) is 0 Å². The summed E-state index contributed by atoms with van der Waals surface area (Å²) in [5.41, 5.74) is 1.36. The highest BCUT2D eigenvalue weighted by Gasteiger charge is 2.31. The molecule has 0 radical (unpaired) electrons. The number of aliphatic carboxylic acids is 1. The van der Waals surface area contributed by atoms with Gasteiger partial charge in [0.15, 0.2) is 0 Å². The molecule has 120 valence electrons. The van der Waals surface area contributed by atoms with Crippen LogP contribution in [0.3, 0.4) is 0 Å². The predicted octanol–water partition coefficient (Wildman–Crippen LogP) is 1.87. The van der Waals surface area contributed by atoms with Gasteiger partial charge in [0.2, 0.25) is 10.0 Å². The van der Waals surface area contributed by atoms with Crippen LogP contribution >= 0.6 is 0 Å². The lowest BCUT2D eigenvalue weighted by molar-refractivity contribution is -0.140. The Morgan fingerprint density at radius 3 is 2.41 bits per heavy atom. The minimum absolute atomic E-state index is 0.137. The van der Waals surface area contributed by atoms with E-state index in [1.807, 2.05) is 12.1 Å². The second-order valence-corrected chi connectivity index (χ2v) is 7.32. The molecule has 1 aromatic carbocycles. The first-order valence-electron chi connectivity index (χ1n) is 6.96. The maximum atomic E-state index is 12.7. The summed E-state index contributed by atoms with van der Waals surface area (Å²) >= 11 is 0. The summed E-state index contributed by atoms with van der Waals surface area (Å²) in [7, 11) is -2.15. The Morgan fingerprint density at radius 2 is 1.86 bits per heavy atom. The van der Waals surface area contributed by atoms with E-state index in [1.54, 1.807) is 44.5 Å². The SMILES string of the molecule is Cc1c(S(=O)(=O)N[C@H](C(=O)O)C(C)C)c2ccccc2n1C. The molecule has 0 aliphatic carbocycles. The molecule has 1 aromatic heterocycles. The van der Waals surface area contributed by atoms with Gasteiger partial charge in [0.1, 0.15) is 10.9 Å². The van der Waals surface area contributed by atoms with Crippen LogP contribution in [0.5, 0.6) is 0 Å². The number of hydrogen-bond donors (Lipinski definition) is 2. The lowest BCUT2D eigenvalue weighted by atomic mass is 10.1. The van der Waals surface area contributed by atoms with Crippen LogP contribution in [-0.4, -0.2) is 30.1 Å². The zero-order chi connectivity index (χ0) is 16.7. The lowest BCUT2D eigenvalue weighted by Crippen LogP contribution is -2.44. The normalized spacial score (nSPS) is 13.7. The molecule has 0 unspecified atom stereocenters. The van der Waals surface area contributed by atoms with E-state index >= 15 is 0 Å². The Hall–Kier alpha value is -1.86. The molecule has 7 heteroatoms. The van der Waals surface area contributed by atoms with E-state index < -0.39 is 22.0 Å². The van der Waals surface area contributed by atoms with Crippen LogP contribution in [0.4, 0.5) is 0 Å². The van der Waals surface area contributed by atoms with Crippen molar-refractivity contribution in [2.24, 2.45) is 13.0 Å². The Balaban J connectivity index is 2.60. The highest BCUT2D eigenvalue weighted by Crippen LogP contribution is 2.29. The summed E-state index contributed by atoms with van der Waals surface area (Å²) in [6.07, 6.45) is 0.